The van der Waals surface area contributed by atoms with E-state index >= 15 is 0 Å². The summed E-state index contributed by atoms with van der Waals surface area (Å²) in [6.45, 7) is 8.67. The van der Waals surface area contributed by atoms with Crippen LogP contribution in [0.25, 0.3) is 22.2 Å². The Hall–Kier alpha value is -2.90. The quantitative estimate of drug-likeness (QED) is 0.444. The third kappa shape index (κ3) is 3.89. The van der Waals surface area contributed by atoms with E-state index in [-0.39, 0.29) is 12.4 Å². The van der Waals surface area contributed by atoms with Crippen LogP contribution in [0.5, 0.6) is 0 Å². The number of nitrogens with zero attached hydrogens (tertiary/aromatic N) is 3. The maximum absolute atomic E-state index is 13.6. The minimum absolute atomic E-state index is 0.00411. The molecule has 1 fully saturated rings. The molecule has 33 heavy (non-hydrogen) atoms. The molecule has 3 aromatic rings. The number of aliphatic hydroxyl groups is 1. The Kier molecular flexibility index (Phi) is 5.85. The first-order chi connectivity index (χ1) is 16.0. The summed E-state index contributed by atoms with van der Waals surface area (Å²) in [6, 6.07) is 9.70. The van der Waals surface area contributed by atoms with Crippen LogP contribution >= 0.6 is 0 Å². The molecule has 7 heteroatoms. The number of hydrogen-bond acceptors (Lipinski definition) is 7. The standard InChI is InChI=1S/C26H32N4O3/c1-16-12-17(2)15-30(14-16)21-13-20(27-8-9-29(3)10-11-31)22-23-24(21)28-33-26(23)19-7-5-4-6-18(19)25(22)32/h4-7,13,16-17,27,31H,8-12,14-15H2,1-3H3/t16-,17-/m0/s1. The number of hydrogen-bond donors (Lipinski definition) is 2. The number of likely N-dealkylation sites (N-methyl/N-ethyl adjacent to an activating group) is 1. The van der Waals surface area contributed by atoms with Gasteiger partial charge in [0.1, 0.15) is 5.52 Å². The number of aliphatic hydroxyl groups excluding tert-OH is 1. The van der Waals surface area contributed by atoms with E-state index in [9.17, 15) is 9.90 Å². The van der Waals surface area contributed by atoms with E-state index < -0.39 is 0 Å². The Morgan fingerprint density at radius 1 is 1.18 bits per heavy atom. The molecule has 0 radical (unpaired) electrons. The molecule has 2 heterocycles. The van der Waals surface area contributed by atoms with Crippen molar-refractivity contribution in [2.45, 2.75) is 20.3 Å². The Morgan fingerprint density at radius 3 is 2.64 bits per heavy atom. The molecule has 5 rings (SSSR count). The minimum Gasteiger partial charge on any atom is -0.395 e. The lowest BCUT2D eigenvalue weighted by Crippen LogP contribution is -2.39. The van der Waals surface area contributed by atoms with Crippen molar-refractivity contribution in [2.24, 2.45) is 11.8 Å². The lowest BCUT2D eigenvalue weighted by atomic mass is 9.85. The van der Waals surface area contributed by atoms with E-state index in [0.717, 1.165) is 47.5 Å². The van der Waals surface area contributed by atoms with Gasteiger partial charge in [-0.25, -0.2) is 0 Å². The normalized spacial score (nSPS) is 19.9. The van der Waals surface area contributed by atoms with Gasteiger partial charge in [-0.05, 0) is 31.4 Å². The first kappa shape index (κ1) is 21.9. The average Bonchev–Trinajstić information content (AvgIpc) is 3.22. The number of ketones is 1. The highest BCUT2D eigenvalue weighted by Crippen LogP contribution is 2.46. The van der Waals surface area contributed by atoms with Gasteiger partial charge in [0, 0.05) is 49.5 Å². The fraction of sp³-hybridized carbons (Fsp3) is 0.462. The SMILES string of the molecule is C[C@H]1C[C@H](C)CN(c2cc(NCCN(C)CCO)c3c4c(onc24)-c2ccccc2C3=O)C1. The molecule has 174 valence electrons. The van der Waals surface area contributed by atoms with Crippen LogP contribution in [0.4, 0.5) is 11.4 Å². The van der Waals surface area contributed by atoms with Gasteiger partial charge in [0.05, 0.1) is 23.2 Å². The van der Waals surface area contributed by atoms with Gasteiger partial charge in [0.25, 0.3) is 0 Å². The second-order valence-electron chi connectivity index (χ2n) is 9.73. The molecule has 2 aliphatic rings. The van der Waals surface area contributed by atoms with Gasteiger partial charge < -0.3 is 24.7 Å². The van der Waals surface area contributed by atoms with E-state index in [1.807, 2.05) is 31.3 Å². The van der Waals surface area contributed by atoms with Crippen LogP contribution in [0.3, 0.4) is 0 Å². The third-order valence-electron chi connectivity index (χ3n) is 6.88. The van der Waals surface area contributed by atoms with Gasteiger partial charge in [0.2, 0.25) is 0 Å². The lowest BCUT2D eigenvalue weighted by Gasteiger charge is -2.37. The molecule has 2 aromatic carbocycles. The van der Waals surface area contributed by atoms with Crippen molar-refractivity contribution in [1.82, 2.24) is 10.1 Å². The summed E-state index contributed by atoms with van der Waals surface area (Å²) >= 11 is 0. The summed E-state index contributed by atoms with van der Waals surface area (Å²) in [6.07, 6.45) is 1.22. The monoisotopic (exact) mass is 448 g/mol. The molecule has 1 aliphatic carbocycles. The maximum atomic E-state index is 13.6. The number of fused-ring (bicyclic) bond motifs is 2. The summed E-state index contributed by atoms with van der Waals surface area (Å²) in [4.78, 5) is 18.1. The molecular formula is C26H32N4O3. The molecular weight excluding hydrogens is 416 g/mol. The number of carbonyl (C=O) groups is 1. The number of nitrogens with one attached hydrogen (secondary N) is 1. The molecule has 0 unspecified atom stereocenters. The van der Waals surface area contributed by atoms with Crippen molar-refractivity contribution in [3.8, 4) is 11.3 Å². The molecule has 2 atom stereocenters. The molecule has 0 spiro atoms. The number of benzene rings is 2. The van der Waals surface area contributed by atoms with Crippen LogP contribution in [0.15, 0.2) is 34.9 Å². The summed E-state index contributed by atoms with van der Waals surface area (Å²) in [5.74, 6) is 1.86. The number of rotatable bonds is 7. The average molecular weight is 449 g/mol. The predicted octanol–water partition coefficient (Wildman–Crippen LogP) is 3.86. The van der Waals surface area contributed by atoms with Crippen molar-refractivity contribution in [3.63, 3.8) is 0 Å². The summed E-state index contributed by atoms with van der Waals surface area (Å²) < 4.78 is 5.89. The summed E-state index contributed by atoms with van der Waals surface area (Å²) in [7, 11) is 1.98. The van der Waals surface area contributed by atoms with Crippen molar-refractivity contribution in [3.05, 3.63) is 41.5 Å². The lowest BCUT2D eigenvalue weighted by molar-refractivity contribution is 0.104. The minimum atomic E-state index is 0.00411. The molecule has 0 bridgehead atoms. The van der Waals surface area contributed by atoms with Crippen LogP contribution in [-0.2, 0) is 0 Å². The van der Waals surface area contributed by atoms with Gasteiger partial charge in [-0.15, -0.1) is 0 Å². The largest absolute Gasteiger partial charge is 0.395 e. The Balaban J connectivity index is 1.62. The zero-order valence-electron chi connectivity index (χ0n) is 19.6. The van der Waals surface area contributed by atoms with Crippen molar-refractivity contribution < 1.29 is 14.4 Å². The van der Waals surface area contributed by atoms with E-state index in [0.29, 0.717) is 41.8 Å². The number of aromatic nitrogens is 1. The molecule has 2 N–H and O–H groups in total. The highest BCUT2D eigenvalue weighted by atomic mass is 16.5. The fourth-order valence-corrected chi connectivity index (χ4v) is 5.45. The number of carbonyl (C=O) groups excluding carboxylic acids is 1. The van der Waals surface area contributed by atoms with Crippen LogP contribution in [-0.4, -0.2) is 67.3 Å². The maximum Gasteiger partial charge on any atom is 0.196 e. The number of piperidine rings is 1. The van der Waals surface area contributed by atoms with Crippen LogP contribution in [0.2, 0.25) is 0 Å². The van der Waals surface area contributed by atoms with Gasteiger partial charge in [-0.2, -0.15) is 0 Å². The molecule has 0 amide bonds. The van der Waals surface area contributed by atoms with E-state index in [4.69, 9.17) is 4.52 Å². The zero-order valence-corrected chi connectivity index (χ0v) is 19.6. The Labute approximate surface area is 194 Å². The topological polar surface area (TPSA) is 81.8 Å². The molecule has 0 saturated carbocycles. The van der Waals surface area contributed by atoms with Crippen molar-refractivity contribution >= 4 is 28.1 Å². The summed E-state index contributed by atoms with van der Waals surface area (Å²) in [5.41, 5.74) is 4.73. The second-order valence-corrected chi connectivity index (χ2v) is 9.73. The van der Waals surface area contributed by atoms with E-state index in [2.05, 4.69) is 40.2 Å². The first-order valence-electron chi connectivity index (χ1n) is 11.9. The molecule has 1 aromatic heterocycles. The van der Waals surface area contributed by atoms with Gasteiger partial charge in [-0.3, -0.25) is 4.79 Å². The third-order valence-corrected chi connectivity index (χ3v) is 6.88. The highest BCUT2D eigenvalue weighted by Gasteiger charge is 2.34. The Bertz CT molecular complexity index is 1180. The smallest absolute Gasteiger partial charge is 0.196 e. The molecule has 7 nitrogen and oxygen atoms in total. The zero-order chi connectivity index (χ0) is 23.1. The first-order valence-corrected chi connectivity index (χ1v) is 11.9. The van der Waals surface area contributed by atoms with Crippen LogP contribution < -0.4 is 10.2 Å². The van der Waals surface area contributed by atoms with Gasteiger partial charge >= 0.3 is 0 Å². The molecule has 1 saturated heterocycles. The van der Waals surface area contributed by atoms with Crippen molar-refractivity contribution in [1.29, 1.82) is 0 Å². The highest BCUT2D eigenvalue weighted by molar-refractivity contribution is 6.28. The fourth-order valence-electron chi connectivity index (χ4n) is 5.45. The van der Waals surface area contributed by atoms with E-state index in [1.54, 1.807) is 0 Å². The van der Waals surface area contributed by atoms with Crippen LogP contribution in [0, 0.1) is 11.8 Å². The summed E-state index contributed by atoms with van der Waals surface area (Å²) in [5, 5.41) is 18.0. The van der Waals surface area contributed by atoms with Gasteiger partial charge in [0.15, 0.2) is 11.5 Å². The van der Waals surface area contributed by atoms with E-state index in [1.165, 1.54) is 6.42 Å². The van der Waals surface area contributed by atoms with Gasteiger partial charge in [-0.1, -0.05) is 43.3 Å². The number of anilines is 2. The predicted molar refractivity (Wildman–Crippen MR) is 131 cm³/mol. The van der Waals surface area contributed by atoms with Crippen LogP contribution in [0.1, 0.15) is 36.2 Å². The molecule has 1 aliphatic heterocycles. The van der Waals surface area contributed by atoms with Crippen molar-refractivity contribution in [2.75, 3.05) is 56.6 Å². The second kappa shape index (κ2) is 8.80. The Morgan fingerprint density at radius 2 is 1.91 bits per heavy atom.